The van der Waals surface area contributed by atoms with Crippen LogP contribution in [0.2, 0.25) is 0 Å². The number of nitrogens with zero attached hydrogens (tertiary/aromatic N) is 1. The van der Waals surface area contributed by atoms with Crippen molar-refractivity contribution in [2.45, 2.75) is 30.8 Å². The number of hydrogen-bond donors (Lipinski definition) is 2. The van der Waals surface area contributed by atoms with Crippen molar-refractivity contribution < 1.29 is 14.3 Å². The second-order valence-corrected chi connectivity index (χ2v) is 7.35. The molecule has 1 atom stereocenters. The van der Waals surface area contributed by atoms with E-state index < -0.39 is 5.92 Å². The minimum absolute atomic E-state index is 0.122. The van der Waals surface area contributed by atoms with Gasteiger partial charge in [0, 0.05) is 23.7 Å². The summed E-state index contributed by atoms with van der Waals surface area (Å²) >= 11 is 1.45. The monoisotopic (exact) mass is 401 g/mol. The maximum absolute atomic E-state index is 12.9. The molecule has 0 radical (unpaired) electrons. The fourth-order valence-corrected chi connectivity index (χ4v) is 3.87. The number of benzene rings is 1. The third-order valence-electron chi connectivity index (χ3n) is 4.32. The van der Waals surface area contributed by atoms with Crippen LogP contribution in [-0.4, -0.2) is 35.3 Å². The number of aromatic nitrogens is 2. The van der Waals surface area contributed by atoms with Gasteiger partial charge >= 0.3 is 0 Å². The molecule has 148 valence electrons. The number of hydrogen-bond acceptors (Lipinski definition) is 6. The Labute approximate surface area is 167 Å². The molecule has 0 bridgehead atoms. The summed E-state index contributed by atoms with van der Waals surface area (Å²) in [5.74, 6) is 1.49. The second kappa shape index (κ2) is 8.97. The molecule has 1 aliphatic rings. The number of para-hydroxylation sites is 1. The molecule has 1 aromatic carbocycles. The summed E-state index contributed by atoms with van der Waals surface area (Å²) in [6.45, 7) is 6.00. The third kappa shape index (κ3) is 4.06. The van der Waals surface area contributed by atoms with Crippen LogP contribution in [0.5, 0.6) is 11.5 Å². The molecule has 0 saturated carbocycles. The SMILES string of the molecule is C=CCOc1c(OC)cccc1[C@H]1CC(=O)Nc2nc(SCCC)[nH]c(=O)c21. The van der Waals surface area contributed by atoms with E-state index >= 15 is 0 Å². The zero-order valence-corrected chi connectivity index (χ0v) is 16.7. The summed E-state index contributed by atoms with van der Waals surface area (Å²) in [7, 11) is 1.55. The molecule has 8 heteroatoms. The Hall–Kier alpha value is -2.74. The van der Waals surface area contributed by atoms with Crippen LogP contribution in [0.1, 0.15) is 36.8 Å². The van der Waals surface area contributed by atoms with Gasteiger partial charge in [-0.2, -0.15) is 0 Å². The number of carbonyl (C=O) groups excluding carboxylic acids is 1. The van der Waals surface area contributed by atoms with Gasteiger partial charge in [-0.1, -0.05) is 43.5 Å². The van der Waals surface area contributed by atoms with Crippen molar-refractivity contribution in [3.63, 3.8) is 0 Å². The number of aromatic amines is 1. The van der Waals surface area contributed by atoms with E-state index in [1.54, 1.807) is 19.3 Å². The Kier molecular flexibility index (Phi) is 6.41. The molecule has 28 heavy (non-hydrogen) atoms. The van der Waals surface area contributed by atoms with Crippen molar-refractivity contribution in [2.24, 2.45) is 0 Å². The summed E-state index contributed by atoms with van der Waals surface area (Å²) in [6.07, 6.45) is 2.70. The van der Waals surface area contributed by atoms with Crippen molar-refractivity contribution >= 4 is 23.5 Å². The van der Waals surface area contributed by atoms with Crippen molar-refractivity contribution in [1.29, 1.82) is 0 Å². The quantitative estimate of drug-likeness (QED) is 0.400. The van der Waals surface area contributed by atoms with E-state index in [4.69, 9.17) is 9.47 Å². The van der Waals surface area contributed by atoms with Gasteiger partial charge in [0.05, 0.1) is 12.7 Å². The van der Waals surface area contributed by atoms with Crippen LogP contribution in [0.25, 0.3) is 0 Å². The van der Waals surface area contributed by atoms with Crippen LogP contribution in [0.15, 0.2) is 40.8 Å². The Morgan fingerprint density at radius 1 is 1.39 bits per heavy atom. The first kappa shape index (κ1) is 20.0. The number of nitrogens with one attached hydrogen (secondary N) is 2. The summed E-state index contributed by atoms with van der Waals surface area (Å²) in [5, 5.41) is 3.24. The summed E-state index contributed by atoms with van der Waals surface area (Å²) in [6, 6.07) is 5.43. The molecule has 1 amide bonds. The largest absolute Gasteiger partial charge is 0.493 e. The van der Waals surface area contributed by atoms with Gasteiger partial charge in [0.25, 0.3) is 5.56 Å². The molecule has 0 saturated heterocycles. The van der Waals surface area contributed by atoms with E-state index in [-0.39, 0.29) is 24.5 Å². The van der Waals surface area contributed by atoms with E-state index in [0.717, 1.165) is 12.2 Å². The van der Waals surface area contributed by atoms with Crippen LogP contribution in [0.4, 0.5) is 5.82 Å². The van der Waals surface area contributed by atoms with Crippen molar-refractivity contribution in [1.82, 2.24) is 9.97 Å². The predicted octanol–water partition coefficient (Wildman–Crippen LogP) is 3.32. The minimum Gasteiger partial charge on any atom is -0.493 e. The number of amides is 1. The highest BCUT2D eigenvalue weighted by atomic mass is 32.2. The average molecular weight is 401 g/mol. The molecule has 2 aromatic rings. The lowest BCUT2D eigenvalue weighted by molar-refractivity contribution is -0.116. The molecule has 3 rings (SSSR count). The van der Waals surface area contributed by atoms with Gasteiger partial charge in [-0.05, 0) is 12.5 Å². The number of rotatable bonds is 8. The second-order valence-electron chi connectivity index (χ2n) is 6.27. The zero-order chi connectivity index (χ0) is 20.1. The Morgan fingerprint density at radius 2 is 2.21 bits per heavy atom. The van der Waals surface area contributed by atoms with Crippen molar-refractivity contribution in [3.8, 4) is 11.5 Å². The lowest BCUT2D eigenvalue weighted by atomic mass is 9.86. The number of ether oxygens (including phenoxy) is 2. The first-order valence-electron chi connectivity index (χ1n) is 9.06. The molecule has 2 heterocycles. The number of H-pyrrole nitrogens is 1. The molecular weight excluding hydrogens is 378 g/mol. The van der Waals surface area contributed by atoms with Crippen LogP contribution in [0.3, 0.4) is 0 Å². The molecular formula is C20H23N3O4S. The fraction of sp³-hybridized carbons (Fsp3) is 0.350. The fourth-order valence-electron chi connectivity index (χ4n) is 3.15. The predicted molar refractivity (Wildman–Crippen MR) is 110 cm³/mol. The van der Waals surface area contributed by atoms with Gasteiger partial charge in [0.15, 0.2) is 16.7 Å². The Bertz CT molecular complexity index is 942. The van der Waals surface area contributed by atoms with E-state index in [1.165, 1.54) is 11.8 Å². The van der Waals surface area contributed by atoms with E-state index in [9.17, 15) is 9.59 Å². The summed E-state index contributed by atoms with van der Waals surface area (Å²) in [5.41, 5.74) is 0.877. The molecule has 0 fully saturated rings. The normalized spacial score (nSPS) is 15.5. The van der Waals surface area contributed by atoms with Crippen molar-refractivity contribution in [2.75, 3.05) is 24.8 Å². The maximum atomic E-state index is 12.9. The van der Waals surface area contributed by atoms with Gasteiger partial charge in [0.2, 0.25) is 5.91 Å². The topological polar surface area (TPSA) is 93.3 Å². The molecule has 0 spiro atoms. The number of anilines is 1. The highest BCUT2D eigenvalue weighted by Crippen LogP contribution is 2.42. The zero-order valence-electron chi connectivity index (χ0n) is 15.9. The maximum Gasteiger partial charge on any atom is 0.257 e. The standard InChI is InChI=1S/C20H23N3O4S/c1-4-9-27-17-12(7-6-8-14(17)26-3)13-11-15(24)21-18-16(13)19(25)23-20(22-18)28-10-5-2/h4,6-8,13H,1,5,9-11H2,2-3H3,(H2,21,22,23,24,25)/t13-/m1/s1. The average Bonchev–Trinajstić information content (AvgIpc) is 2.69. The molecule has 0 aliphatic carbocycles. The van der Waals surface area contributed by atoms with E-state index in [1.807, 2.05) is 12.1 Å². The van der Waals surface area contributed by atoms with Crippen LogP contribution >= 0.6 is 11.8 Å². The Balaban J connectivity index is 2.11. The van der Waals surface area contributed by atoms with Gasteiger partial charge in [-0.25, -0.2) is 4.98 Å². The van der Waals surface area contributed by atoms with Crippen LogP contribution in [-0.2, 0) is 4.79 Å². The lowest BCUT2D eigenvalue weighted by Gasteiger charge is -2.26. The molecule has 0 unspecified atom stereocenters. The van der Waals surface area contributed by atoms with Gasteiger partial charge in [-0.15, -0.1) is 0 Å². The minimum atomic E-state index is -0.486. The Morgan fingerprint density at radius 3 is 2.93 bits per heavy atom. The number of thioether (sulfide) groups is 1. The lowest BCUT2D eigenvalue weighted by Crippen LogP contribution is -2.31. The van der Waals surface area contributed by atoms with Crippen molar-refractivity contribution in [3.05, 3.63) is 52.3 Å². The number of carbonyl (C=O) groups is 1. The summed E-state index contributed by atoms with van der Waals surface area (Å²) < 4.78 is 11.2. The number of methoxy groups -OCH3 is 1. The summed E-state index contributed by atoms with van der Waals surface area (Å²) in [4.78, 5) is 32.5. The van der Waals surface area contributed by atoms with Crippen LogP contribution in [0, 0.1) is 0 Å². The first-order valence-corrected chi connectivity index (χ1v) is 10.0. The molecule has 7 nitrogen and oxygen atoms in total. The van der Waals surface area contributed by atoms with Gasteiger partial charge < -0.3 is 19.8 Å². The highest BCUT2D eigenvalue weighted by molar-refractivity contribution is 7.99. The van der Waals surface area contributed by atoms with Crippen LogP contribution < -0.4 is 20.3 Å². The number of fused-ring (bicyclic) bond motifs is 1. The first-order chi connectivity index (χ1) is 13.6. The third-order valence-corrected chi connectivity index (χ3v) is 5.40. The van der Waals surface area contributed by atoms with Gasteiger partial charge in [0.1, 0.15) is 12.4 Å². The molecule has 1 aromatic heterocycles. The smallest absolute Gasteiger partial charge is 0.257 e. The highest BCUT2D eigenvalue weighted by Gasteiger charge is 2.33. The molecule has 2 N–H and O–H groups in total. The van der Waals surface area contributed by atoms with E-state index in [2.05, 4.69) is 28.8 Å². The molecule has 1 aliphatic heterocycles. The van der Waals surface area contributed by atoms with E-state index in [0.29, 0.717) is 33.6 Å². The van der Waals surface area contributed by atoms with Gasteiger partial charge in [-0.3, -0.25) is 9.59 Å².